The van der Waals surface area contributed by atoms with E-state index in [0.29, 0.717) is 37.6 Å². The Kier molecular flexibility index (Phi) is 5.87. The van der Waals surface area contributed by atoms with Crippen LogP contribution in [0.15, 0.2) is 41.4 Å². The second-order valence-corrected chi connectivity index (χ2v) is 8.24. The Hall–Kier alpha value is -2.62. The molecule has 0 spiro atoms. The molecule has 2 heterocycles. The molecule has 1 amide bonds. The van der Waals surface area contributed by atoms with Crippen molar-refractivity contribution in [3.63, 3.8) is 0 Å². The third kappa shape index (κ3) is 4.27. The highest BCUT2D eigenvalue weighted by Gasteiger charge is 2.33. The number of carbonyl (C=O) groups is 1. The van der Waals surface area contributed by atoms with Crippen LogP contribution < -0.4 is 4.74 Å². The average molecular weight is 411 g/mol. The summed E-state index contributed by atoms with van der Waals surface area (Å²) in [4.78, 5) is 21.7. The zero-order valence-electron chi connectivity index (χ0n) is 15.1. The number of nitrogens with zero attached hydrogens (tertiary/aromatic N) is 3. The summed E-state index contributed by atoms with van der Waals surface area (Å²) >= 11 is 0. The van der Waals surface area contributed by atoms with Crippen LogP contribution in [0.5, 0.6) is 5.88 Å². The molecule has 7 nitrogen and oxygen atoms in total. The Bertz CT molecular complexity index is 961. The van der Waals surface area contributed by atoms with Crippen molar-refractivity contribution in [1.82, 2.24) is 14.9 Å². The highest BCUT2D eigenvalue weighted by Crippen LogP contribution is 2.25. The lowest BCUT2D eigenvalue weighted by Gasteiger charge is -2.32. The highest BCUT2D eigenvalue weighted by atomic mass is 32.2. The first-order valence-corrected chi connectivity index (χ1v) is 10.2. The second kappa shape index (κ2) is 8.17. The molecule has 1 aliphatic heterocycles. The SMILES string of the molecule is Cc1nccc(OC2CCN(C(=O)c3ccccc3S(=O)(=O)C(F)F)CC2)n1. The van der Waals surface area contributed by atoms with Crippen LogP contribution in [0.2, 0.25) is 0 Å². The largest absolute Gasteiger partial charge is 0.474 e. The number of likely N-dealkylation sites (tertiary alicyclic amines) is 1. The first-order valence-electron chi connectivity index (χ1n) is 8.65. The number of hydrogen-bond donors (Lipinski definition) is 0. The van der Waals surface area contributed by atoms with Gasteiger partial charge in [-0.15, -0.1) is 0 Å². The maximum absolute atomic E-state index is 12.9. The summed E-state index contributed by atoms with van der Waals surface area (Å²) in [6.07, 6.45) is 2.46. The van der Waals surface area contributed by atoms with Crippen LogP contribution in [-0.4, -0.2) is 54.1 Å². The Morgan fingerprint density at radius 3 is 2.54 bits per heavy atom. The zero-order chi connectivity index (χ0) is 20.3. The zero-order valence-corrected chi connectivity index (χ0v) is 15.9. The molecule has 10 heteroatoms. The maximum Gasteiger partial charge on any atom is 0.341 e. The first-order chi connectivity index (χ1) is 13.3. The summed E-state index contributed by atoms with van der Waals surface area (Å²) in [5.41, 5.74) is -0.242. The molecular formula is C18H19F2N3O4S. The van der Waals surface area contributed by atoms with Gasteiger partial charge in [-0.25, -0.2) is 13.4 Å². The minimum atomic E-state index is -4.87. The van der Waals surface area contributed by atoms with E-state index in [4.69, 9.17) is 4.74 Å². The second-order valence-electron chi connectivity index (χ2n) is 6.35. The molecule has 1 saturated heterocycles. The average Bonchev–Trinajstić information content (AvgIpc) is 2.68. The number of amides is 1. The van der Waals surface area contributed by atoms with Gasteiger partial charge in [0.15, 0.2) is 0 Å². The minimum Gasteiger partial charge on any atom is -0.474 e. The predicted octanol–water partition coefficient (Wildman–Crippen LogP) is 2.46. The molecule has 0 unspecified atom stereocenters. The van der Waals surface area contributed by atoms with Gasteiger partial charge >= 0.3 is 5.76 Å². The van der Waals surface area contributed by atoms with Crippen molar-refractivity contribution in [3.05, 3.63) is 47.9 Å². The summed E-state index contributed by atoms with van der Waals surface area (Å²) in [5, 5.41) is 0. The van der Waals surface area contributed by atoms with Crippen LogP contribution in [-0.2, 0) is 9.84 Å². The van der Waals surface area contributed by atoms with E-state index in [9.17, 15) is 22.0 Å². The number of benzene rings is 1. The number of hydrogen-bond acceptors (Lipinski definition) is 6. The number of halogens is 2. The van der Waals surface area contributed by atoms with Gasteiger partial charge < -0.3 is 9.64 Å². The van der Waals surface area contributed by atoms with Crippen LogP contribution in [0.1, 0.15) is 29.0 Å². The number of alkyl halides is 2. The van der Waals surface area contributed by atoms with Gasteiger partial charge in [-0.3, -0.25) is 4.79 Å². The highest BCUT2D eigenvalue weighted by molar-refractivity contribution is 7.91. The number of aryl methyl sites for hydroxylation is 1. The Morgan fingerprint density at radius 1 is 1.21 bits per heavy atom. The van der Waals surface area contributed by atoms with Crippen molar-refractivity contribution in [3.8, 4) is 5.88 Å². The molecule has 1 fully saturated rings. The summed E-state index contributed by atoms with van der Waals surface area (Å²) in [6.45, 7) is 2.38. The molecule has 2 aromatic rings. The molecule has 0 aliphatic carbocycles. The standard InChI is InChI=1S/C18H19F2N3O4S/c1-12-21-9-6-16(22-12)27-13-7-10-23(11-8-13)17(24)14-4-2-3-5-15(14)28(25,26)18(19)20/h2-6,9,13,18H,7-8,10-11H2,1H3. The van der Waals surface area contributed by atoms with Gasteiger partial charge in [0, 0.05) is 38.2 Å². The van der Waals surface area contributed by atoms with Gasteiger partial charge in [0.05, 0.1) is 10.5 Å². The number of carbonyl (C=O) groups excluding carboxylic acids is 1. The van der Waals surface area contributed by atoms with E-state index >= 15 is 0 Å². The van der Waals surface area contributed by atoms with Crippen LogP contribution in [0.25, 0.3) is 0 Å². The van der Waals surface area contributed by atoms with Gasteiger partial charge in [-0.2, -0.15) is 13.8 Å². The van der Waals surface area contributed by atoms with E-state index < -0.39 is 26.4 Å². The topological polar surface area (TPSA) is 89.5 Å². The lowest BCUT2D eigenvalue weighted by atomic mass is 10.1. The van der Waals surface area contributed by atoms with Crippen LogP contribution in [0.4, 0.5) is 8.78 Å². The van der Waals surface area contributed by atoms with Crippen molar-refractivity contribution < 1.29 is 26.7 Å². The van der Waals surface area contributed by atoms with Crippen LogP contribution in [0.3, 0.4) is 0 Å². The van der Waals surface area contributed by atoms with Crippen molar-refractivity contribution in [2.75, 3.05) is 13.1 Å². The van der Waals surface area contributed by atoms with E-state index in [2.05, 4.69) is 9.97 Å². The summed E-state index contributed by atoms with van der Waals surface area (Å²) in [7, 11) is -4.87. The summed E-state index contributed by atoms with van der Waals surface area (Å²) < 4.78 is 55.4. The quantitative estimate of drug-likeness (QED) is 0.751. The van der Waals surface area contributed by atoms with Gasteiger partial charge in [-0.05, 0) is 19.1 Å². The minimum absolute atomic E-state index is 0.154. The molecular weight excluding hydrogens is 392 g/mol. The summed E-state index contributed by atoms with van der Waals surface area (Å²) in [6, 6.07) is 6.70. The smallest absolute Gasteiger partial charge is 0.341 e. The van der Waals surface area contributed by atoms with Crippen molar-refractivity contribution in [2.24, 2.45) is 0 Å². The van der Waals surface area contributed by atoms with Crippen molar-refractivity contribution in [1.29, 1.82) is 0 Å². The van der Waals surface area contributed by atoms with Gasteiger partial charge in [0.1, 0.15) is 11.9 Å². The third-order valence-corrected chi connectivity index (χ3v) is 5.86. The molecule has 28 heavy (non-hydrogen) atoms. The first kappa shape index (κ1) is 20.1. The molecule has 3 rings (SSSR count). The van der Waals surface area contributed by atoms with E-state index in [1.807, 2.05) is 0 Å². The number of piperidine rings is 1. The van der Waals surface area contributed by atoms with E-state index in [0.717, 1.165) is 6.07 Å². The fourth-order valence-electron chi connectivity index (χ4n) is 3.01. The number of ether oxygens (including phenoxy) is 1. The normalized spacial score (nSPS) is 15.6. The fourth-order valence-corrected chi connectivity index (χ4v) is 3.93. The monoisotopic (exact) mass is 411 g/mol. The van der Waals surface area contributed by atoms with Crippen molar-refractivity contribution in [2.45, 2.75) is 36.5 Å². The van der Waals surface area contributed by atoms with Gasteiger partial charge in [-0.1, -0.05) is 12.1 Å². The molecule has 0 N–H and O–H groups in total. The van der Waals surface area contributed by atoms with E-state index in [1.54, 1.807) is 19.2 Å². The van der Waals surface area contributed by atoms with Crippen molar-refractivity contribution >= 4 is 15.7 Å². The lowest BCUT2D eigenvalue weighted by Crippen LogP contribution is -2.42. The molecule has 0 bridgehead atoms. The molecule has 1 aliphatic rings. The molecule has 0 atom stereocenters. The third-order valence-electron chi connectivity index (χ3n) is 4.43. The molecule has 0 saturated carbocycles. The molecule has 150 valence electrons. The molecule has 1 aromatic heterocycles. The van der Waals surface area contributed by atoms with Crippen LogP contribution >= 0.6 is 0 Å². The number of rotatable bonds is 5. The maximum atomic E-state index is 12.9. The van der Waals surface area contributed by atoms with Crippen LogP contribution in [0, 0.1) is 6.92 Å². The predicted molar refractivity (Wildman–Crippen MR) is 96.0 cm³/mol. The van der Waals surface area contributed by atoms with E-state index in [-0.39, 0.29) is 11.7 Å². The number of aromatic nitrogens is 2. The van der Waals surface area contributed by atoms with Gasteiger partial charge in [0.25, 0.3) is 5.91 Å². The Balaban J connectivity index is 1.69. The molecule has 0 radical (unpaired) electrons. The molecule has 1 aromatic carbocycles. The Morgan fingerprint density at radius 2 is 1.89 bits per heavy atom. The fraction of sp³-hybridized carbons (Fsp3) is 0.389. The van der Waals surface area contributed by atoms with Gasteiger partial charge in [0.2, 0.25) is 15.7 Å². The summed E-state index contributed by atoms with van der Waals surface area (Å²) in [5.74, 6) is -3.14. The Labute approximate surface area is 161 Å². The van der Waals surface area contributed by atoms with E-state index in [1.165, 1.54) is 23.1 Å². The number of sulfone groups is 1. The lowest BCUT2D eigenvalue weighted by molar-refractivity contribution is 0.0584.